The van der Waals surface area contributed by atoms with Gasteiger partial charge in [0, 0.05) is 38.3 Å². The van der Waals surface area contributed by atoms with Gasteiger partial charge in [0.2, 0.25) is 5.91 Å². The maximum absolute atomic E-state index is 12.1. The molecule has 2 N–H and O–H groups in total. The lowest BCUT2D eigenvalue weighted by molar-refractivity contribution is -0.146. The zero-order valence-electron chi connectivity index (χ0n) is 17.3. The first-order valence-electron chi connectivity index (χ1n) is 9.95. The van der Waals surface area contributed by atoms with Gasteiger partial charge in [-0.15, -0.1) is 24.0 Å². The number of ether oxygens (including phenoxy) is 1. The Hall–Kier alpha value is -1.84. The molecule has 1 aromatic rings. The quantitative estimate of drug-likeness (QED) is 0.274. The normalized spacial score (nSPS) is 21.8. The SMILES string of the molecule is CN=C(NCc1cccc(NC(=O)C2CCC2)c1)N1CC(C)C(C(=O)OC)C1.I. The molecule has 2 unspecified atom stereocenters. The number of halogens is 1. The molecule has 0 spiro atoms. The van der Waals surface area contributed by atoms with Crippen LogP contribution in [-0.4, -0.2) is 50.0 Å². The number of hydrogen-bond donors (Lipinski definition) is 2. The van der Waals surface area contributed by atoms with Crippen LogP contribution in [0.1, 0.15) is 31.7 Å². The van der Waals surface area contributed by atoms with Crippen molar-refractivity contribution in [2.24, 2.45) is 22.7 Å². The summed E-state index contributed by atoms with van der Waals surface area (Å²) < 4.78 is 4.91. The molecule has 3 rings (SSSR count). The van der Waals surface area contributed by atoms with Gasteiger partial charge in [-0.1, -0.05) is 25.5 Å². The molecular weight excluding hydrogens is 483 g/mol. The van der Waals surface area contributed by atoms with Gasteiger partial charge in [0.15, 0.2) is 5.96 Å². The molecule has 8 heteroatoms. The van der Waals surface area contributed by atoms with Gasteiger partial charge < -0.3 is 20.3 Å². The van der Waals surface area contributed by atoms with E-state index in [4.69, 9.17) is 4.74 Å². The van der Waals surface area contributed by atoms with Gasteiger partial charge in [-0.3, -0.25) is 14.6 Å². The lowest BCUT2D eigenvalue weighted by Gasteiger charge is -2.24. The van der Waals surface area contributed by atoms with Crippen LogP contribution in [0.4, 0.5) is 5.69 Å². The second-order valence-corrected chi connectivity index (χ2v) is 7.73. The fourth-order valence-corrected chi connectivity index (χ4v) is 3.79. The highest BCUT2D eigenvalue weighted by Crippen LogP contribution is 2.28. The predicted octanol–water partition coefficient (Wildman–Crippen LogP) is 2.86. The first-order chi connectivity index (χ1) is 13.5. The molecule has 2 fully saturated rings. The molecule has 1 saturated heterocycles. The zero-order valence-corrected chi connectivity index (χ0v) is 19.6. The summed E-state index contributed by atoms with van der Waals surface area (Å²) in [6, 6.07) is 7.86. The van der Waals surface area contributed by atoms with Crippen LogP contribution in [0, 0.1) is 17.8 Å². The number of rotatable bonds is 5. The first-order valence-corrected chi connectivity index (χ1v) is 9.95. The van der Waals surface area contributed by atoms with Crippen molar-refractivity contribution < 1.29 is 14.3 Å². The number of benzene rings is 1. The Bertz CT molecular complexity index is 751. The standard InChI is InChI=1S/C21H30N4O3.HI/c1-14-12-25(13-18(14)20(27)28-3)21(22-2)23-11-15-6-4-9-17(10-15)24-19(26)16-7-5-8-16;/h4,6,9-10,14,16,18H,5,7-8,11-13H2,1-3H3,(H,22,23)(H,24,26);1H. The van der Waals surface area contributed by atoms with Crippen molar-refractivity contribution in [1.29, 1.82) is 0 Å². The van der Waals surface area contributed by atoms with Crippen molar-refractivity contribution in [3.63, 3.8) is 0 Å². The second-order valence-electron chi connectivity index (χ2n) is 7.73. The van der Waals surface area contributed by atoms with Gasteiger partial charge in [0.25, 0.3) is 0 Å². The van der Waals surface area contributed by atoms with Crippen LogP contribution in [-0.2, 0) is 20.9 Å². The summed E-state index contributed by atoms with van der Waals surface area (Å²) in [5.74, 6) is 0.972. The Morgan fingerprint density at radius 3 is 2.66 bits per heavy atom. The Morgan fingerprint density at radius 2 is 2.03 bits per heavy atom. The minimum absolute atomic E-state index is 0. The van der Waals surface area contributed by atoms with Gasteiger partial charge >= 0.3 is 5.97 Å². The average Bonchev–Trinajstić information content (AvgIpc) is 3.02. The highest BCUT2D eigenvalue weighted by atomic mass is 127. The third-order valence-electron chi connectivity index (χ3n) is 5.75. The highest BCUT2D eigenvalue weighted by molar-refractivity contribution is 14.0. The van der Waals surface area contributed by atoms with E-state index >= 15 is 0 Å². The molecule has 0 aromatic heterocycles. The van der Waals surface area contributed by atoms with Gasteiger partial charge in [0.05, 0.1) is 13.0 Å². The molecule has 0 radical (unpaired) electrons. The maximum atomic E-state index is 12.1. The third-order valence-corrected chi connectivity index (χ3v) is 5.75. The van der Waals surface area contributed by atoms with Gasteiger partial charge in [0.1, 0.15) is 0 Å². The Kier molecular flexibility index (Phi) is 8.73. The van der Waals surface area contributed by atoms with Gasteiger partial charge in [-0.05, 0) is 36.5 Å². The summed E-state index contributed by atoms with van der Waals surface area (Å²) in [5.41, 5.74) is 1.89. The maximum Gasteiger partial charge on any atom is 0.310 e. The van der Waals surface area contributed by atoms with E-state index in [-0.39, 0.29) is 53.6 Å². The number of anilines is 1. The largest absolute Gasteiger partial charge is 0.469 e. The number of amides is 1. The van der Waals surface area contributed by atoms with E-state index in [1.54, 1.807) is 7.05 Å². The minimum Gasteiger partial charge on any atom is -0.469 e. The number of likely N-dealkylation sites (tertiary alicyclic amines) is 1. The molecule has 1 amide bonds. The van der Waals surface area contributed by atoms with Crippen molar-refractivity contribution >= 4 is 47.5 Å². The summed E-state index contributed by atoms with van der Waals surface area (Å²) in [6.45, 7) is 4.01. The number of nitrogens with zero attached hydrogens (tertiary/aromatic N) is 2. The molecule has 1 aromatic carbocycles. The van der Waals surface area contributed by atoms with E-state index in [0.717, 1.165) is 43.0 Å². The number of guanidine groups is 1. The molecular formula is C21H31IN4O3. The predicted molar refractivity (Wildman–Crippen MR) is 124 cm³/mol. The summed E-state index contributed by atoms with van der Waals surface area (Å²) in [6.07, 6.45) is 3.13. The van der Waals surface area contributed by atoms with Crippen LogP contribution in [0.2, 0.25) is 0 Å². The Morgan fingerprint density at radius 1 is 1.28 bits per heavy atom. The van der Waals surface area contributed by atoms with Gasteiger partial charge in [-0.25, -0.2) is 0 Å². The molecule has 2 aliphatic rings. The summed E-state index contributed by atoms with van der Waals surface area (Å²) >= 11 is 0. The summed E-state index contributed by atoms with van der Waals surface area (Å²) in [4.78, 5) is 30.5. The Labute approximate surface area is 189 Å². The molecule has 160 valence electrons. The topological polar surface area (TPSA) is 83.0 Å². The first kappa shape index (κ1) is 23.4. The number of esters is 1. The molecule has 7 nitrogen and oxygen atoms in total. The van der Waals surface area contributed by atoms with E-state index in [1.807, 2.05) is 24.3 Å². The lowest BCUT2D eigenvalue weighted by Crippen LogP contribution is -2.40. The number of methoxy groups -OCH3 is 1. The fraction of sp³-hybridized carbons (Fsp3) is 0.571. The van der Waals surface area contributed by atoms with E-state index in [1.165, 1.54) is 7.11 Å². The van der Waals surface area contributed by atoms with Crippen molar-refractivity contribution in [2.75, 3.05) is 32.6 Å². The molecule has 1 aliphatic carbocycles. The average molecular weight is 514 g/mol. The summed E-state index contributed by atoms with van der Waals surface area (Å²) in [7, 11) is 3.18. The van der Waals surface area contributed by atoms with Crippen molar-refractivity contribution in [3.8, 4) is 0 Å². The van der Waals surface area contributed by atoms with E-state index in [0.29, 0.717) is 13.1 Å². The summed E-state index contributed by atoms with van der Waals surface area (Å²) in [5, 5.41) is 6.38. The number of nitrogens with one attached hydrogen (secondary N) is 2. The molecule has 1 saturated carbocycles. The third kappa shape index (κ3) is 5.83. The lowest BCUT2D eigenvalue weighted by atomic mass is 9.85. The number of aliphatic imine (C=N–C) groups is 1. The van der Waals surface area contributed by atoms with E-state index < -0.39 is 0 Å². The van der Waals surface area contributed by atoms with Crippen LogP contribution in [0.3, 0.4) is 0 Å². The van der Waals surface area contributed by atoms with E-state index in [2.05, 4.69) is 27.4 Å². The number of carbonyl (C=O) groups is 2. The van der Waals surface area contributed by atoms with Crippen LogP contribution < -0.4 is 10.6 Å². The van der Waals surface area contributed by atoms with Crippen LogP contribution in [0.25, 0.3) is 0 Å². The fourth-order valence-electron chi connectivity index (χ4n) is 3.79. The smallest absolute Gasteiger partial charge is 0.310 e. The van der Waals surface area contributed by atoms with E-state index in [9.17, 15) is 9.59 Å². The highest BCUT2D eigenvalue weighted by Gasteiger charge is 2.36. The van der Waals surface area contributed by atoms with Crippen molar-refractivity contribution in [1.82, 2.24) is 10.2 Å². The van der Waals surface area contributed by atoms with Crippen LogP contribution >= 0.6 is 24.0 Å². The Balaban J connectivity index is 0.00000300. The molecule has 1 heterocycles. The monoisotopic (exact) mass is 514 g/mol. The van der Waals surface area contributed by atoms with Crippen LogP contribution in [0.15, 0.2) is 29.3 Å². The second kappa shape index (κ2) is 10.8. The minimum atomic E-state index is -0.166. The molecule has 29 heavy (non-hydrogen) atoms. The number of hydrogen-bond acceptors (Lipinski definition) is 4. The number of carbonyl (C=O) groups excluding carboxylic acids is 2. The molecule has 0 bridgehead atoms. The molecule has 2 atom stereocenters. The van der Waals surface area contributed by atoms with Crippen molar-refractivity contribution in [2.45, 2.75) is 32.7 Å². The molecule has 1 aliphatic heterocycles. The zero-order chi connectivity index (χ0) is 20.1. The van der Waals surface area contributed by atoms with Crippen LogP contribution in [0.5, 0.6) is 0 Å². The van der Waals surface area contributed by atoms with Crippen molar-refractivity contribution in [3.05, 3.63) is 29.8 Å². The van der Waals surface area contributed by atoms with Gasteiger partial charge in [-0.2, -0.15) is 0 Å².